The first kappa shape index (κ1) is 17.5. The van der Waals surface area contributed by atoms with E-state index < -0.39 is 0 Å². The van der Waals surface area contributed by atoms with Gasteiger partial charge in [-0.2, -0.15) is 0 Å². The van der Waals surface area contributed by atoms with Crippen molar-refractivity contribution < 1.29 is 14.5 Å². The maximum absolute atomic E-state index is 12.7. The molecule has 2 atom stereocenters. The summed E-state index contributed by atoms with van der Waals surface area (Å²) in [6, 6.07) is 8.22. The molecule has 0 aromatic heterocycles. The molecule has 0 fully saturated rings. The van der Waals surface area contributed by atoms with Crippen LogP contribution in [0.25, 0.3) is 0 Å². The van der Waals surface area contributed by atoms with E-state index in [2.05, 4.69) is 18.3 Å². The lowest BCUT2D eigenvalue weighted by Gasteiger charge is -2.25. The first-order chi connectivity index (χ1) is 10.7. The number of benzene rings is 1. The van der Waals surface area contributed by atoms with Crippen molar-refractivity contribution in [3.05, 3.63) is 29.8 Å². The number of carbonyl (C=O) groups excluding carboxylic acids is 2. The predicted octanol–water partition coefficient (Wildman–Crippen LogP) is 0.394. The van der Waals surface area contributed by atoms with E-state index in [1.807, 2.05) is 50.9 Å². The van der Waals surface area contributed by atoms with Crippen LogP contribution in [0.3, 0.4) is 0 Å². The van der Waals surface area contributed by atoms with Crippen LogP contribution in [0, 0.1) is 0 Å². The fourth-order valence-electron chi connectivity index (χ4n) is 3.09. The van der Waals surface area contributed by atoms with Gasteiger partial charge in [-0.3, -0.25) is 9.59 Å². The number of quaternary nitrogens is 1. The van der Waals surface area contributed by atoms with Gasteiger partial charge in [0.25, 0.3) is 11.8 Å². The molecule has 2 rings (SSSR count). The molecule has 1 aromatic rings. The fraction of sp³-hybridized carbons (Fsp3) is 0.556. The third kappa shape index (κ3) is 4.55. The summed E-state index contributed by atoms with van der Waals surface area (Å²) in [6.07, 6.45) is 0.894. The highest BCUT2D eigenvalue weighted by molar-refractivity contribution is 5.96. The van der Waals surface area contributed by atoms with Gasteiger partial charge in [-0.15, -0.1) is 0 Å². The molecule has 1 aromatic carbocycles. The monoisotopic (exact) mass is 318 g/mol. The molecule has 0 spiro atoms. The number of fused-ring (bicyclic) bond motifs is 1. The maximum Gasteiger partial charge on any atom is 0.282 e. The molecule has 23 heavy (non-hydrogen) atoms. The molecule has 0 bridgehead atoms. The van der Waals surface area contributed by atoms with Gasteiger partial charge in [0.15, 0.2) is 13.1 Å². The summed E-state index contributed by atoms with van der Waals surface area (Å²) in [6.45, 7) is 8.54. The Kier molecular flexibility index (Phi) is 5.09. The molecule has 1 aliphatic heterocycles. The molecule has 1 aliphatic rings. The Bertz CT molecular complexity index is 592. The molecular formula is C18H28N3O2+. The highest BCUT2D eigenvalue weighted by Crippen LogP contribution is 2.31. The van der Waals surface area contributed by atoms with Crippen molar-refractivity contribution in [3.8, 4) is 0 Å². The highest BCUT2D eigenvalue weighted by atomic mass is 16.2. The normalized spacial score (nSPS) is 18.5. The van der Waals surface area contributed by atoms with Gasteiger partial charge in [0.2, 0.25) is 0 Å². The van der Waals surface area contributed by atoms with Crippen molar-refractivity contribution in [2.24, 2.45) is 0 Å². The first-order valence-corrected chi connectivity index (χ1v) is 8.19. The molecule has 0 saturated carbocycles. The van der Waals surface area contributed by atoms with E-state index in [4.69, 9.17) is 0 Å². The van der Waals surface area contributed by atoms with Gasteiger partial charge in [0.1, 0.15) is 0 Å². The van der Waals surface area contributed by atoms with Crippen LogP contribution < -0.4 is 15.1 Å². The molecule has 5 heteroatoms. The summed E-state index contributed by atoms with van der Waals surface area (Å²) in [5.74, 6) is 0.0428. The lowest BCUT2D eigenvalue weighted by molar-refractivity contribution is -0.862. The SMILES string of the molecule is C[C@H]1Cc2ccccc2N1C(=O)C[NH+](C)CC(=O)NC(C)(C)C. The van der Waals surface area contributed by atoms with E-state index in [-0.39, 0.29) is 23.4 Å². The topological polar surface area (TPSA) is 53.9 Å². The highest BCUT2D eigenvalue weighted by Gasteiger charge is 2.32. The van der Waals surface area contributed by atoms with Crippen molar-refractivity contribution in [2.75, 3.05) is 25.0 Å². The second kappa shape index (κ2) is 6.71. The van der Waals surface area contributed by atoms with Gasteiger partial charge in [-0.25, -0.2) is 0 Å². The Labute approximate surface area is 138 Å². The van der Waals surface area contributed by atoms with Crippen LogP contribution in [-0.2, 0) is 16.0 Å². The van der Waals surface area contributed by atoms with Crippen LogP contribution in [0.15, 0.2) is 24.3 Å². The van der Waals surface area contributed by atoms with Crippen LogP contribution >= 0.6 is 0 Å². The summed E-state index contributed by atoms with van der Waals surface area (Å²) >= 11 is 0. The lowest BCUT2D eigenvalue weighted by Crippen LogP contribution is -3.11. The zero-order valence-electron chi connectivity index (χ0n) is 14.8. The molecule has 1 heterocycles. The zero-order chi connectivity index (χ0) is 17.2. The number of likely N-dealkylation sites (N-methyl/N-ethyl adjacent to an activating group) is 1. The van der Waals surface area contributed by atoms with Crippen molar-refractivity contribution in [1.29, 1.82) is 0 Å². The number of anilines is 1. The van der Waals surface area contributed by atoms with Crippen LogP contribution in [0.1, 0.15) is 33.3 Å². The number of amides is 2. The Morgan fingerprint density at radius 1 is 1.26 bits per heavy atom. The zero-order valence-corrected chi connectivity index (χ0v) is 14.8. The molecule has 0 aliphatic carbocycles. The molecule has 2 N–H and O–H groups in total. The number of para-hydroxylation sites is 1. The largest absolute Gasteiger partial charge is 0.347 e. The second-order valence-electron chi connectivity index (χ2n) is 7.55. The maximum atomic E-state index is 12.7. The van der Waals surface area contributed by atoms with Crippen molar-refractivity contribution >= 4 is 17.5 Å². The van der Waals surface area contributed by atoms with Crippen LogP contribution in [0.4, 0.5) is 5.69 Å². The minimum absolute atomic E-state index is 0.0299. The van der Waals surface area contributed by atoms with E-state index >= 15 is 0 Å². The number of rotatable bonds is 4. The van der Waals surface area contributed by atoms with Crippen molar-refractivity contribution in [3.63, 3.8) is 0 Å². The fourth-order valence-corrected chi connectivity index (χ4v) is 3.09. The summed E-state index contributed by atoms with van der Waals surface area (Å²) in [7, 11) is 1.88. The van der Waals surface area contributed by atoms with E-state index in [0.717, 1.165) is 17.0 Å². The van der Waals surface area contributed by atoms with Gasteiger partial charge < -0.3 is 15.1 Å². The van der Waals surface area contributed by atoms with Gasteiger partial charge in [-0.1, -0.05) is 18.2 Å². The number of nitrogens with zero attached hydrogens (tertiary/aromatic N) is 1. The molecule has 1 unspecified atom stereocenters. The van der Waals surface area contributed by atoms with Gasteiger partial charge >= 0.3 is 0 Å². The smallest absolute Gasteiger partial charge is 0.282 e. The summed E-state index contributed by atoms with van der Waals surface area (Å²) < 4.78 is 0. The minimum Gasteiger partial charge on any atom is -0.347 e. The van der Waals surface area contributed by atoms with Crippen LogP contribution in [0.2, 0.25) is 0 Å². The number of hydrogen-bond acceptors (Lipinski definition) is 2. The average molecular weight is 318 g/mol. The number of nitrogens with one attached hydrogen (secondary N) is 2. The van der Waals surface area contributed by atoms with Crippen molar-refractivity contribution in [2.45, 2.75) is 45.7 Å². The Hall–Kier alpha value is -1.88. The summed E-state index contributed by atoms with van der Waals surface area (Å²) in [4.78, 5) is 27.4. The van der Waals surface area contributed by atoms with E-state index in [1.165, 1.54) is 5.56 Å². The quantitative estimate of drug-likeness (QED) is 0.844. The third-order valence-corrected chi connectivity index (χ3v) is 3.91. The van der Waals surface area contributed by atoms with Gasteiger partial charge in [0, 0.05) is 17.3 Å². The first-order valence-electron chi connectivity index (χ1n) is 8.19. The van der Waals surface area contributed by atoms with Gasteiger partial charge in [-0.05, 0) is 45.7 Å². The number of hydrogen-bond donors (Lipinski definition) is 2. The third-order valence-electron chi connectivity index (χ3n) is 3.91. The predicted molar refractivity (Wildman–Crippen MR) is 91.6 cm³/mol. The Morgan fingerprint density at radius 2 is 1.91 bits per heavy atom. The Balaban J connectivity index is 1.95. The molecular weight excluding hydrogens is 290 g/mol. The van der Waals surface area contributed by atoms with E-state index in [9.17, 15) is 9.59 Å². The molecule has 126 valence electrons. The van der Waals surface area contributed by atoms with Gasteiger partial charge in [0.05, 0.1) is 7.05 Å². The Morgan fingerprint density at radius 3 is 2.57 bits per heavy atom. The lowest BCUT2D eigenvalue weighted by atomic mass is 10.1. The van der Waals surface area contributed by atoms with Crippen LogP contribution in [0.5, 0.6) is 0 Å². The van der Waals surface area contributed by atoms with Crippen molar-refractivity contribution in [1.82, 2.24) is 5.32 Å². The average Bonchev–Trinajstić information content (AvgIpc) is 2.71. The molecule has 5 nitrogen and oxygen atoms in total. The molecule has 0 saturated heterocycles. The molecule has 0 radical (unpaired) electrons. The molecule has 2 amide bonds. The second-order valence-corrected chi connectivity index (χ2v) is 7.55. The number of carbonyl (C=O) groups is 2. The summed E-state index contributed by atoms with van der Waals surface area (Å²) in [5, 5.41) is 2.93. The van der Waals surface area contributed by atoms with E-state index in [0.29, 0.717) is 13.1 Å². The van der Waals surface area contributed by atoms with E-state index in [1.54, 1.807) is 0 Å². The standard InChI is InChI=1S/C18H27N3O2/c1-13-10-14-8-6-7-9-15(14)21(13)17(23)12-20(5)11-16(22)19-18(2,3)4/h6-9,13H,10-12H2,1-5H3,(H,19,22)/p+1/t13-/m0/s1. The van der Waals surface area contributed by atoms with Crippen LogP contribution in [-0.4, -0.2) is 43.5 Å². The minimum atomic E-state index is -0.246. The summed E-state index contributed by atoms with van der Waals surface area (Å²) in [5.41, 5.74) is 1.98.